The van der Waals surface area contributed by atoms with Gasteiger partial charge in [-0.2, -0.15) is 5.10 Å². The van der Waals surface area contributed by atoms with Crippen molar-refractivity contribution in [2.24, 2.45) is 0 Å². The molecule has 0 saturated heterocycles. The Morgan fingerprint density at radius 2 is 1.67 bits per heavy atom. The van der Waals surface area contributed by atoms with Crippen LogP contribution in [-0.4, -0.2) is 73.9 Å². The van der Waals surface area contributed by atoms with E-state index in [9.17, 15) is 4.79 Å². The van der Waals surface area contributed by atoms with E-state index in [-0.39, 0.29) is 5.43 Å². The Kier molecular flexibility index (Phi) is 6.58. The third-order valence-electron chi connectivity index (χ3n) is 6.27. The van der Waals surface area contributed by atoms with Gasteiger partial charge in [0.1, 0.15) is 17.0 Å². The number of rotatable bonds is 10. The van der Waals surface area contributed by atoms with E-state index in [4.69, 9.17) is 14.6 Å². The molecule has 2 aromatic carbocycles. The van der Waals surface area contributed by atoms with Crippen LogP contribution in [0.1, 0.15) is 19.5 Å². The van der Waals surface area contributed by atoms with Crippen molar-refractivity contribution in [3.05, 3.63) is 40.2 Å². The molecule has 4 rings (SSSR count). The summed E-state index contributed by atoms with van der Waals surface area (Å²) in [6, 6.07) is 7.68. The molecule has 2 heterocycles. The fraction of sp³-hybridized carbons (Fsp3) is 0.440. The third kappa shape index (κ3) is 3.94. The van der Waals surface area contributed by atoms with Crippen LogP contribution in [-0.2, 0) is 6.54 Å². The van der Waals surface area contributed by atoms with Gasteiger partial charge in [-0.15, -0.1) is 0 Å². The lowest BCUT2D eigenvalue weighted by Gasteiger charge is -2.16. The van der Waals surface area contributed by atoms with Crippen LogP contribution in [0.2, 0.25) is 0 Å². The number of hydrogen-bond donors (Lipinski definition) is 1. The molecule has 0 atom stereocenters. The molecule has 176 valence electrons. The summed E-state index contributed by atoms with van der Waals surface area (Å²) in [5, 5.41) is 10.6. The second-order valence-corrected chi connectivity index (χ2v) is 8.46. The number of likely N-dealkylation sites (N-methyl/N-ethyl adjacent to an activating group) is 1. The highest BCUT2D eigenvalue weighted by atomic mass is 16.5. The molecule has 8 heteroatoms. The Morgan fingerprint density at radius 1 is 0.970 bits per heavy atom. The molecule has 0 aliphatic carbocycles. The molecule has 0 saturated carbocycles. The zero-order valence-electron chi connectivity index (χ0n) is 20.4. The third-order valence-corrected chi connectivity index (χ3v) is 6.27. The van der Waals surface area contributed by atoms with Crippen molar-refractivity contribution in [3.63, 3.8) is 0 Å². The van der Waals surface area contributed by atoms with Crippen LogP contribution in [0.3, 0.4) is 0 Å². The fourth-order valence-corrected chi connectivity index (χ4v) is 4.44. The fourth-order valence-electron chi connectivity index (χ4n) is 4.44. The van der Waals surface area contributed by atoms with Crippen LogP contribution >= 0.6 is 0 Å². The number of aromatic nitrogens is 2. The van der Waals surface area contributed by atoms with Gasteiger partial charge in [0.25, 0.3) is 0 Å². The van der Waals surface area contributed by atoms with Gasteiger partial charge in [-0.1, -0.05) is 13.8 Å². The lowest BCUT2D eigenvalue weighted by molar-refractivity contribution is 0.293. The van der Waals surface area contributed by atoms with Gasteiger partial charge in [-0.05, 0) is 51.5 Å². The molecule has 33 heavy (non-hydrogen) atoms. The van der Waals surface area contributed by atoms with E-state index in [1.54, 1.807) is 20.3 Å². The summed E-state index contributed by atoms with van der Waals surface area (Å²) in [6.07, 6.45) is 0. The van der Waals surface area contributed by atoms with Gasteiger partial charge in [0.15, 0.2) is 0 Å². The van der Waals surface area contributed by atoms with Gasteiger partial charge in [-0.3, -0.25) is 9.69 Å². The number of ether oxygens (including phenoxy) is 2. The zero-order chi connectivity index (χ0) is 23.7. The first-order chi connectivity index (χ1) is 15.9. The van der Waals surface area contributed by atoms with E-state index in [1.807, 2.05) is 30.7 Å². The molecule has 0 amide bonds. The Balaban J connectivity index is 2.09. The summed E-state index contributed by atoms with van der Waals surface area (Å²) in [5.41, 5.74) is 3.12. The van der Waals surface area contributed by atoms with E-state index in [1.165, 1.54) is 0 Å². The van der Waals surface area contributed by atoms with Gasteiger partial charge < -0.3 is 19.7 Å². The van der Waals surface area contributed by atoms with Crippen molar-refractivity contribution in [1.29, 1.82) is 0 Å². The van der Waals surface area contributed by atoms with E-state index in [2.05, 4.69) is 35.0 Å². The Bertz CT molecular complexity index is 1330. The van der Waals surface area contributed by atoms with Crippen molar-refractivity contribution in [2.45, 2.75) is 20.4 Å². The molecule has 0 unspecified atom stereocenters. The minimum atomic E-state index is -0.0829. The Hall–Kier alpha value is -3.10. The molecular weight excluding hydrogens is 418 g/mol. The predicted octanol–water partition coefficient (Wildman–Crippen LogP) is 3.27. The van der Waals surface area contributed by atoms with Crippen LogP contribution < -0.4 is 20.2 Å². The highest BCUT2D eigenvalue weighted by molar-refractivity contribution is 6.10. The van der Waals surface area contributed by atoms with Crippen molar-refractivity contribution in [3.8, 4) is 11.5 Å². The molecule has 0 fully saturated rings. The molecule has 4 aromatic rings. The largest absolute Gasteiger partial charge is 0.496 e. The molecule has 0 bridgehead atoms. The van der Waals surface area contributed by atoms with Gasteiger partial charge in [0.05, 0.1) is 36.2 Å². The molecule has 2 aromatic heterocycles. The lowest BCUT2D eigenvalue weighted by atomic mass is 10.0. The van der Waals surface area contributed by atoms with Crippen LogP contribution in [0.4, 0.5) is 5.69 Å². The summed E-state index contributed by atoms with van der Waals surface area (Å²) in [5.74, 6) is 1.10. The number of methoxy groups -OCH3 is 2. The highest BCUT2D eigenvalue weighted by Gasteiger charge is 2.24. The van der Waals surface area contributed by atoms with Crippen LogP contribution in [0.25, 0.3) is 27.2 Å². The molecule has 8 nitrogen and oxygen atoms in total. The topological polar surface area (TPSA) is 71.3 Å². The van der Waals surface area contributed by atoms with E-state index < -0.39 is 0 Å². The first kappa shape index (κ1) is 23.1. The Labute approximate surface area is 194 Å². The number of benzene rings is 2. The summed E-state index contributed by atoms with van der Waals surface area (Å²) in [6.45, 7) is 8.42. The van der Waals surface area contributed by atoms with Crippen molar-refractivity contribution in [1.82, 2.24) is 19.4 Å². The maximum absolute atomic E-state index is 14.0. The minimum Gasteiger partial charge on any atom is -0.496 e. The summed E-state index contributed by atoms with van der Waals surface area (Å²) >= 11 is 0. The highest BCUT2D eigenvalue weighted by Crippen LogP contribution is 2.37. The summed E-state index contributed by atoms with van der Waals surface area (Å²) < 4.78 is 13.1. The molecule has 0 aliphatic heterocycles. The van der Waals surface area contributed by atoms with Crippen molar-refractivity contribution in [2.75, 3.05) is 59.8 Å². The van der Waals surface area contributed by atoms with Gasteiger partial charge in [0.2, 0.25) is 5.43 Å². The standard InChI is InChI=1S/C25H33N5O3/c1-7-29(8-2)15-18-16-9-10-17(26-13-14-28(3)4)21-23(16)30(27-18)24-20(33-6)12-11-19(32-5)22(24)25(21)31/h9-12,26H,7-8,13-15H2,1-6H3. The van der Waals surface area contributed by atoms with Crippen molar-refractivity contribution < 1.29 is 9.47 Å². The zero-order valence-corrected chi connectivity index (χ0v) is 20.4. The predicted molar refractivity (Wildman–Crippen MR) is 134 cm³/mol. The minimum absolute atomic E-state index is 0.0829. The second-order valence-electron chi connectivity index (χ2n) is 8.46. The van der Waals surface area contributed by atoms with E-state index in [0.717, 1.165) is 48.5 Å². The van der Waals surface area contributed by atoms with Crippen LogP contribution in [0.15, 0.2) is 29.1 Å². The van der Waals surface area contributed by atoms with E-state index in [0.29, 0.717) is 34.3 Å². The molecule has 1 N–H and O–H groups in total. The normalized spacial score (nSPS) is 12.0. The maximum Gasteiger partial charge on any atom is 0.203 e. The van der Waals surface area contributed by atoms with Crippen LogP contribution in [0.5, 0.6) is 11.5 Å². The van der Waals surface area contributed by atoms with Crippen LogP contribution in [0, 0.1) is 0 Å². The van der Waals surface area contributed by atoms with E-state index >= 15 is 0 Å². The number of nitrogens with one attached hydrogen (secondary N) is 1. The SMILES string of the molecule is CCN(CC)Cc1nn2c3c(OC)ccc(OC)c3c(=O)c3c(NCCN(C)C)ccc1c32. The average Bonchev–Trinajstić information content (AvgIpc) is 3.18. The number of pyridine rings is 1. The van der Waals surface area contributed by atoms with Crippen molar-refractivity contribution >= 4 is 32.9 Å². The maximum atomic E-state index is 14.0. The number of hydrogen-bond acceptors (Lipinski definition) is 7. The first-order valence-electron chi connectivity index (χ1n) is 11.4. The number of fused-ring (bicyclic) bond motifs is 2. The summed E-state index contributed by atoms with van der Waals surface area (Å²) in [4.78, 5) is 18.4. The molecule has 0 aliphatic rings. The smallest absolute Gasteiger partial charge is 0.203 e. The number of nitrogens with zero attached hydrogens (tertiary/aromatic N) is 4. The second kappa shape index (κ2) is 9.41. The van der Waals surface area contributed by atoms with Gasteiger partial charge >= 0.3 is 0 Å². The number of anilines is 1. The molecule has 0 spiro atoms. The molecular formula is C25H33N5O3. The van der Waals surface area contributed by atoms with Gasteiger partial charge in [0, 0.05) is 30.7 Å². The Morgan fingerprint density at radius 3 is 2.30 bits per heavy atom. The quantitative estimate of drug-likeness (QED) is 0.371. The van der Waals surface area contributed by atoms with Gasteiger partial charge in [-0.25, -0.2) is 4.52 Å². The first-order valence-corrected chi connectivity index (χ1v) is 11.4. The summed E-state index contributed by atoms with van der Waals surface area (Å²) in [7, 11) is 7.25. The molecule has 0 radical (unpaired) electrons. The average molecular weight is 452 g/mol. The monoisotopic (exact) mass is 451 g/mol. The lowest BCUT2D eigenvalue weighted by Crippen LogP contribution is -2.22.